The van der Waals surface area contributed by atoms with Crippen LogP contribution in [0.3, 0.4) is 0 Å². The average molecular weight is 276 g/mol. The highest BCUT2D eigenvalue weighted by Crippen LogP contribution is 2.22. The standard InChI is InChI=1S/C16H24N2O2/c1-13(2)17-16(3)9-10-18(12-16)15(19)20-11-14-7-5-4-6-8-14/h4-8,13,17H,9-12H2,1-3H3. The minimum Gasteiger partial charge on any atom is -0.445 e. The van der Waals surface area contributed by atoms with Crippen LogP contribution in [0, 0.1) is 0 Å². The second kappa shape index (κ2) is 6.27. The van der Waals surface area contributed by atoms with E-state index in [2.05, 4.69) is 26.1 Å². The van der Waals surface area contributed by atoms with E-state index in [0.29, 0.717) is 19.2 Å². The minimum atomic E-state index is -0.219. The molecule has 1 aliphatic rings. The molecule has 1 heterocycles. The topological polar surface area (TPSA) is 41.6 Å². The first-order chi connectivity index (χ1) is 9.48. The quantitative estimate of drug-likeness (QED) is 0.919. The molecule has 1 atom stereocenters. The van der Waals surface area contributed by atoms with Crippen molar-refractivity contribution in [3.8, 4) is 0 Å². The lowest BCUT2D eigenvalue weighted by Gasteiger charge is -2.28. The zero-order valence-corrected chi connectivity index (χ0v) is 12.6. The fourth-order valence-electron chi connectivity index (χ4n) is 2.74. The van der Waals surface area contributed by atoms with E-state index in [0.717, 1.165) is 18.5 Å². The van der Waals surface area contributed by atoms with E-state index in [1.54, 1.807) is 4.90 Å². The van der Waals surface area contributed by atoms with Crippen LogP contribution in [-0.2, 0) is 11.3 Å². The summed E-state index contributed by atoms with van der Waals surface area (Å²) in [5, 5.41) is 3.53. The normalized spacial score (nSPS) is 22.3. The van der Waals surface area contributed by atoms with E-state index in [4.69, 9.17) is 4.74 Å². The molecule has 0 aromatic heterocycles. The van der Waals surface area contributed by atoms with E-state index >= 15 is 0 Å². The summed E-state index contributed by atoms with van der Waals surface area (Å²) in [5.41, 5.74) is 1.02. The molecule has 0 spiro atoms. The van der Waals surface area contributed by atoms with Gasteiger partial charge in [-0.3, -0.25) is 0 Å². The van der Waals surface area contributed by atoms with Crippen LogP contribution in [0.2, 0.25) is 0 Å². The van der Waals surface area contributed by atoms with Gasteiger partial charge in [0, 0.05) is 24.7 Å². The van der Waals surface area contributed by atoms with Crippen LogP contribution in [0.4, 0.5) is 4.79 Å². The van der Waals surface area contributed by atoms with E-state index in [9.17, 15) is 4.79 Å². The molecular formula is C16H24N2O2. The maximum absolute atomic E-state index is 12.1. The molecule has 1 unspecified atom stereocenters. The molecule has 1 saturated heterocycles. The number of hydrogen-bond acceptors (Lipinski definition) is 3. The molecular weight excluding hydrogens is 252 g/mol. The molecule has 1 amide bonds. The van der Waals surface area contributed by atoms with Crippen LogP contribution in [0.15, 0.2) is 30.3 Å². The maximum Gasteiger partial charge on any atom is 0.410 e. The van der Waals surface area contributed by atoms with Crippen molar-refractivity contribution in [1.82, 2.24) is 10.2 Å². The monoisotopic (exact) mass is 276 g/mol. The third-order valence-electron chi connectivity index (χ3n) is 3.57. The van der Waals surface area contributed by atoms with Gasteiger partial charge < -0.3 is 15.0 Å². The second-order valence-corrected chi connectivity index (χ2v) is 6.07. The van der Waals surface area contributed by atoms with Crippen molar-refractivity contribution in [3.63, 3.8) is 0 Å². The summed E-state index contributed by atoms with van der Waals surface area (Å²) < 4.78 is 5.37. The van der Waals surface area contributed by atoms with Crippen molar-refractivity contribution >= 4 is 6.09 Å². The summed E-state index contributed by atoms with van der Waals surface area (Å²) in [6.07, 6.45) is 0.745. The molecule has 0 radical (unpaired) electrons. The first kappa shape index (κ1) is 14.9. The Labute approximate surface area is 121 Å². The summed E-state index contributed by atoms with van der Waals surface area (Å²) in [4.78, 5) is 13.9. The molecule has 110 valence electrons. The summed E-state index contributed by atoms with van der Waals surface area (Å²) in [7, 11) is 0. The Bertz CT molecular complexity index is 447. The van der Waals surface area contributed by atoms with Crippen LogP contribution in [0.25, 0.3) is 0 Å². The predicted octanol–water partition coefficient (Wildman–Crippen LogP) is 2.79. The summed E-state index contributed by atoms with van der Waals surface area (Å²) in [6, 6.07) is 10.2. The Hall–Kier alpha value is -1.55. The van der Waals surface area contributed by atoms with Crippen LogP contribution in [-0.4, -0.2) is 35.7 Å². The smallest absolute Gasteiger partial charge is 0.410 e. The number of nitrogens with one attached hydrogen (secondary N) is 1. The average Bonchev–Trinajstić information content (AvgIpc) is 2.78. The zero-order chi connectivity index (χ0) is 14.6. The Morgan fingerprint density at radius 1 is 1.40 bits per heavy atom. The fraction of sp³-hybridized carbons (Fsp3) is 0.562. The molecule has 1 aromatic rings. The number of nitrogens with zero attached hydrogens (tertiary/aromatic N) is 1. The maximum atomic E-state index is 12.1. The molecule has 1 fully saturated rings. The number of carbonyl (C=O) groups is 1. The van der Waals surface area contributed by atoms with Gasteiger partial charge >= 0.3 is 6.09 Å². The fourth-order valence-corrected chi connectivity index (χ4v) is 2.74. The first-order valence-corrected chi connectivity index (χ1v) is 7.22. The third kappa shape index (κ3) is 3.97. The van der Waals surface area contributed by atoms with E-state index in [1.807, 2.05) is 30.3 Å². The van der Waals surface area contributed by atoms with E-state index < -0.39 is 0 Å². The summed E-state index contributed by atoms with van der Waals surface area (Å²) >= 11 is 0. The number of likely N-dealkylation sites (tertiary alicyclic amines) is 1. The third-order valence-corrected chi connectivity index (χ3v) is 3.57. The van der Waals surface area contributed by atoms with Gasteiger partial charge in [0.15, 0.2) is 0 Å². The van der Waals surface area contributed by atoms with Gasteiger partial charge in [-0.1, -0.05) is 44.2 Å². The number of hydrogen-bond donors (Lipinski definition) is 1. The molecule has 1 aromatic carbocycles. The number of benzene rings is 1. The van der Waals surface area contributed by atoms with Crippen molar-refractivity contribution in [3.05, 3.63) is 35.9 Å². The van der Waals surface area contributed by atoms with Gasteiger partial charge in [-0.25, -0.2) is 4.79 Å². The summed E-state index contributed by atoms with van der Waals surface area (Å²) in [5.74, 6) is 0. The lowest BCUT2D eigenvalue weighted by Crippen LogP contribution is -2.48. The highest BCUT2D eigenvalue weighted by molar-refractivity contribution is 5.68. The molecule has 0 bridgehead atoms. The SMILES string of the molecule is CC(C)NC1(C)CCN(C(=O)OCc2ccccc2)C1. The zero-order valence-electron chi connectivity index (χ0n) is 12.6. The van der Waals surface area contributed by atoms with Gasteiger partial charge in [0.1, 0.15) is 6.61 Å². The molecule has 4 nitrogen and oxygen atoms in total. The molecule has 0 saturated carbocycles. The van der Waals surface area contributed by atoms with Crippen LogP contribution in [0.1, 0.15) is 32.8 Å². The van der Waals surface area contributed by atoms with Gasteiger partial charge in [0.05, 0.1) is 0 Å². The highest BCUT2D eigenvalue weighted by Gasteiger charge is 2.36. The summed E-state index contributed by atoms with van der Waals surface area (Å²) in [6.45, 7) is 8.22. The Morgan fingerprint density at radius 2 is 2.10 bits per heavy atom. The van der Waals surface area contributed by atoms with Crippen LogP contribution >= 0.6 is 0 Å². The number of amides is 1. The van der Waals surface area contributed by atoms with Crippen molar-refractivity contribution in [2.24, 2.45) is 0 Å². The molecule has 0 aliphatic carbocycles. The van der Waals surface area contributed by atoms with Crippen LogP contribution < -0.4 is 5.32 Å². The first-order valence-electron chi connectivity index (χ1n) is 7.22. The lowest BCUT2D eigenvalue weighted by atomic mass is 10.0. The molecule has 20 heavy (non-hydrogen) atoms. The van der Waals surface area contributed by atoms with Crippen LogP contribution in [0.5, 0.6) is 0 Å². The highest BCUT2D eigenvalue weighted by atomic mass is 16.6. The van der Waals surface area contributed by atoms with Gasteiger partial charge in [-0.2, -0.15) is 0 Å². The van der Waals surface area contributed by atoms with E-state index in [1.165, 1.54) is 0 Å². The van der Waals surface area contributed by atoms with Gasteiger partial charge in [0.25, 0.3) is 0 Å². The Morgan fingerprint density at radius 3 is 2.75 bits per heavy atom. The Balaban J connectivity index is 1.82. The molecule has 1 aliphatic heterocycles. The lowest BCUT2D eigenvalue weighted by molar-refractivity contribution is 0.101. The number of carbonyl (C=O) groups excluding carboxylic acids is 1. The van der Waals surface area contributed by atoms with Crippen molar-refractivity contribution in [1.29, 1.82) is 0 Å². The molecule has 2 rings (SSSR count). The largest absolute Gasteiger partial charge is 0.445 e. The molecule has 4 heteroatoms. The minimum absolute atomic E-state index is 0.0000659. The van der Waals surface area contributed by atoms with Gasteiger partial charge in [-0.05, 0) is 18.9 Å². The van der Waals surface area contributed by atoms with Crippen molar-refractivity contribution in [2.45, 2.75) is 45.4 Å². The predicted molar refractivity (Wildman–Crippen MR) is 79.5 cm³/mol. The molecule has 1 N–H and O–H groups in total. The van der Waals surface area contributed by atoms with Crippen molar-refractivity contribution < 1.29 is 9.53 Å². The Kier molecular flexibility index (Phi) is 4.65. The van der Waals surface area contributed by atoms with Crippen molar-refractivity contribution in [2.75, 3.05) is 13.1 Å². The number of rotatable bonds is 4. The van der Waals surface area contributed by atoms with E-state index in [-0.39, 0.29) is 11.6 Å². The second-order valence-electron chi connectivity index (χ2n) is 6.07. The number of ether oxygens (including phenoxy) is 1. The van der Waals surface area contributed by atoms with Gasteiger partial charge in [0.2, 0.25) is 0 Å². The van der Waals surface area contributed by atoms with Gasteiger partial charge in [-0.15, -0.1) is 0 Å².